The van der Waals surface area contributed by atoms with Crippen molar-refractivity contribution in [2.45, 2.75) is 18.3 Å². The Kier molecular flexibility index (Phi) is 4.95. The number of methoxy groups -OCH3 is 1. The lowest BCUT2D eigenvalue weighted by Crippen LogP contribution is -2.40. The van der Waals surface area contributed by atoms with Gasteiger partial charge < -0.3 is 19.6 Å². The second kappa shape index (κ2) is 7.31. The molecule has 1 saturated heterocycles. The summed E-state index contributed by atoms with van der Waals surface area (Å²) in [5, 5.41) is 11.5. The molecule has 8 nitrogen and oxygen atoms in total. The Morgan fingerprint density at radius 3 is 2.83 bits per heavy atom. The topological polar surface area (TPSA) is 100 Å². The number of aromatic nitrogens is 1. The van der Waals surface area contributed by atoms with Crippen LogP contribution in [0.3, 0.4) is 0 Å². The molecule has 3 heterocycles. The molecule has 1 unspecified atom stereocenters. The van der Waals surface area contributed by atoms with E-state index >= 15 is 0 Å². The van der Waals surface area contributed by atoms with Crippen molar-refractivity contribution < 1.29 is 24.2 Å². The molecular weight excluding hydrogens is 418 g/mol. The number of carbonyl (C=O) groups excluding carboxylic acids is 2. The molecule has 0 saturated carbocycles. The van der Waals surface area contributed by atoms with Gasteiger partial charge >= 0.3 is 12.1 Å². The third-order valence-corrected chi connectivity index (χ3v) is 6.53. The summed E-state index contributed by atoms with van der Waals surface area (Å²) >= 11 is 7.38. The first kappa shape index (κ1) is 19.7. The lowest BCUT2D eigenvalue weighted by atomic mass is 9.81. The molecule has 2 aliphatic rings. The van der Waals surface area contributed by atoms with Gasteiger partial charge in [0.05, 0.1) is 13.5 Å². The zero-order chi connectivity index (χ0) is 20.8. The van der Waals surface area contributed by atoms with Gasteiger partial charge in [-0.15, -0.1) is 11.3 Å². The van der Waals surface area contributed by atoms with E-state index in [1.54, 1.807) is 15.9 Å². The van der Waals surface area contributed by atoms with Crippen molar-refractivity contribution in [3.63, 3.8) is 0 Å². The summed E-state index contributed by atoms with van der Waals surface area (Å²) in [5.41, 5.74) is 1.24. The number of fused-ring (bicyclic) bond motifs is 2. The molecule has 1 N–H and O–H groups in total. The van der Waals surface area contributed by atoms with Crippen LogP contribution in [0.4, 0.5) is 10.5 Å². The Hall–Kier alpha value is -2.65. The predicted molar refractivity (Wildman–Crippen MR) is 107 cm³/mol. The summed E-state index contributed by atoms with van der Waals surface area (Å²) in [5.74, 6) is -1.29. The highest BCUT2D eigenvalue weighted by Gasteiger charge is 2.50. The number of rotatable bonds is 3. The number of halogens is 1. The van der Waals surface area contributed by atoms with E-state index in [2.05, 4.69) is 4.98 Å². The number of nitrogens with zero attached hydrogens (tertiary/aromatic N) is 3. The van der Waals surface area contributed by atoms with E-state index in [1.807, 2.05) is 12.1 Å². The fourth-order valence-corrected chi connectivity index (χ4v) is 5.02. The number of thiazole rings is 1. The van der Waals surface area contributed by atoms with Crippen LogP contribution in [0.1, 0.15) is 27.5 Å². The van der Waals surface area contributed by atoms with Crippen LogP contribution in [0.2, 0.25) is 5.02 Å². The first-order chi connectivity index (χ1) is 13.8. The molecule has 0 bridgehead atoms. The molecule has 1 atom stereocenters. The maximum atomic E-state index is 13.1. The number of amides is 2. The summed E-state index contributed by atoms with van der Waals surface area (Å²) in [6.07, 6.45) is 0.315. The highest BCUT2D eigenvalue weighted by atomic mass is 35.5. The molecule has 152 valence electrons. The zero-order valence-electron chi connectivity index (χ0n) is 15.6. The van der Waals surface area contributed by atoms with E-state index < -0.39 is 11.4 Å². The molecule has 2 aromatic rings. The lowest BCUT2D eigenvalue weighted by molar-refractivity contribution is -0.118. The first-order valence-corrected chi connectivity index (χ1v) is 10.2. The van der Waals surface area contributed by atoms with Crippen molar-refractivity contribution >= 4 is 46.6 Å². The molecule has 0 radical (unpaired) electrons. The van der Waals surface area contributed by atoms with Crippen LogP contribution in [0, 0.1) is 0 Å². The number of ether oxygens (including phenoxy) is 1. The molecule has 29 heavy (non-hydrogen) atoms. The molecule has 2 aliphatic heterocycles. The summed E-state index contributed by atoms with van der Waals surface area (Å²) in [7, 11) is 1.35. The number of benzene rings is 1. The van der Waals surface area contributed by atoms with E-state index in [0.29, 0.717) is 36.1 Å². The van der Waals surface area contributed by atoms with Crippen molar-refractivity contribution in [3.8, 4) is 0 Å². The number of likely N-dealkylation sites (tertiary alicyclic amines) is 1. The molecule has 1 aromatic carbocycles. The molecule has 10 heteroatoms. The van der Waals surface area contributed by atoms with Crippen LogP contribution in [0.25, 0.3) is 0 Å². The number of hydrogen-bond acceptors (Lipinski definition) is 6. The Balaban J connectivity index is 1.61. The van der Waals surface area contributed by atoms with E-state index in [-0.39, 0.29) is 24.1 Å². The summed E-state index contributed by atoms with van der Waals surface area (Å²) in [4.78, 5) is 43.4. The minimum atomic E-state index is -1.12. The van der Waals surface area contributed by atoms with E-state index in [9.17, 15) is 14.4 Å². The fourth-order valence-electron chi connectivity index (χ4n) is 4.09. The molecule has 4 rings (SSSR count). The van der Waals surface area contributed by atoms with Gasteiger partial charge in [-0.25, -0.2) is 14.6 Å². The minimum absolute atomic E-state index is 0.0107. The van der Waals surface area contributed by atoms with Gasteiger partial charge in [0.15, 0.2) is 5.69 Å². The summed E-state index contributed by atoms with van der Waals surface area (Å²) < 4.78 is 4.85. The fraction of sp³-hybridized carbons (Fsp3) is 0.368. The summed E-state index contributed by atoms with van der Waals surface area (Å²) in [6.45, 7) is 1.40. The number of carbonyl (C=O) groups is 3. The van der Waals surface area contributed by atoms with Crippen molar-refractivity contribution in [3.05, 3.63) is 44.9 Å². The Bertz CT molecular complexity index is 1010. The molecular formula is C19H18ClN3O5S. The van der Waals surface area contributed by atoms with Crippen molar-refractivity contribution in [2.24, 2.45) is 0 Å². The Labute approximate surface area is 175 Å². The van der Waals surface area contributed by atoms with Gasteiger partial charge in [0.1, 0.15) is 5.01 Å². The molecule has 0 aliphatic carbocycles. The second-order valence-electron chi connectivity index (χ2n) is 7.17. The van der Waals surface area contributed by atoms with Gasteiger partial charge in [0.25, 0.3) is 0 Å². The van der Waals surface area contributed by atoms with Crippen LogP contribution in [-0.4, -0.2) is 59.7 Å². The molecule has 1 aromatic heterocycles. The van der Waals surface area contributed by atoms with Crippen molar-refractivity contribution in [1.82, 2.24) is 9.88 Å². The van der Waals surface area contributed by atoms with Crippen LogP contribution >= 0.6 is 22.9 Å². The molecule has 2 amide bonds. The average Bonchev–Trinajstić information content (AvgIpc) is 3.40. The van der Waals surface area contributed by atoms with Gasteiger partial charge in [-0.05, 0) is 30.2 Å². The Morgan fingerprint density at radius 2 is 2.14 bits per heavy atom. The zero-order valence-corrected chi connectivity index (χ0v) is 17.1. The van der Waals surface area contributed by atoms with Crippen LogP contribution in [-0.2, 0) is 21.4 Å². The highest BCUT2D eigenvalue weighted by molar-refractivity contribution is 7.09. The van der Waals surface area contributed by atoms with Crippen LogP contribution in [0.5, 0.6) is 0 Å². The number of hydrogen-bond donors (Lipinski definition) is 1. The predicted octanol–water partition coefficient (Wildman–Crippen LogP) is 2.79. The van der Waals surface area contributed by atoms with Crippen LogP contribution < -0.4 is 4.90 Å². The first-order valence-electron chi connectivity index (χ1n) is 8.94. The van der Waals surface area contributed by atoms with E-state index in [0.717, 1.165) is 22.6 Å². The maximum absolute atomic E-state index is 13.1. The largest absolute Gasteiger partial charge is 0.476 e. The molecule has 1 spiro atoms. The maximum Gasteiger partial charge on any atom is 0.409 e. The number of carboxylic acids is 1. The van der Waals surface area contributed by atoms with E-state index in [1.165, 1.54) is 12.5 Å². The number of aromatic carboxylic acids is 1. The van der Waals surface area contributed by atoms with Gasteiger partial charge in [0, 0.05) is 41.1 Å². The smallest absolute Gasteiger partial charge is 0.409 e. The lowest BCUT2D eigenvalue weighted by Gasteiger charge is -2.25. The third kappa shape index (κ3) is 3.44. The second-order valence-corrected chi connectivity index (χ2v) is 8.55. The number of carboxylic acid groups (broad SMARTS) is 1. The average molecular weight is 436 g/mol. The van der Waals surface area contributed by atoms with Gasteiger partial charge in [0.2, 0.25) is 5.91 Å². The van der Waals surface area contributed by atoms with Gasteiger partial charge in [-0.3, -0.25) is 4.79 Å². The third-order valence-electron chi connectivity index (χ3n) is 5.44. The normalized spacial score (nSPS) is 20.2. The van der Waals surface area contributed by atoms with Crippen LogP contribution in [0.15, 0.2) is 23.6 Å². The highest BCUT2D eigenvalue weighted by Crippen LogP contribution is 2.47. The Morgan fingerprint density at radius 1 is 1.34 bits per heavy atom. The SMILES string of the molecule is COC(=O)N1CCC2(C1)CN(C(=O)Cc1nc(C(=O)O)cs1)c1ccc(Cl)cc12. The van der Waals surface area contributed by atoms with Gasteiger partial charge in [-0.2, -0.15) is 0 Å². The molecule has 1 fully saturated rings. The monoisotopic (exact) mass is 435 g/mol. The van der Waals surface area contributed by atoms with E-state index in [4.69, 9.17) is 21.4 Å². The summed E-state index contributed by atoms with van der Waals surface area (Å²) in [6, 6.07) is 5.41. The minimum Gasteiger partial charge on any atom is -0.476 e. The number of anilines is 1. The van der Waals surface area contributed by atoms with Crippen molar-refractivity contribution in [2.75, 3.05) is 31.6 Å². The standard InChI is InChI=1S/C19H18ClN3O5S/c1-28-18(27)22-5-4-19(9-22)10-23(14-3-2-11(20)6-12(14)19)16(24)7-15-21-13(8-29-15)17(25)26/h2-3,6,8H,4-5,7,9-10H2,1H3,(H,25,26). The quantitative estimate of drug-likeness (QED) is 0.795. The van der Waals surface area contributed by atoms with Crippen molar-refractivity contribution in [1.29, 1.82) is 0 Å². The van der Waals surface area contributed by atoms with Gasteiger partial charge in [-0.1, -0.05) is 11.6 Å².